The lowest BCUT2D eigenvalue weighted by molar-refractivity contribution is 0.0700. The van der Waals surface area contributed by atoms with Crippen molar-refractivity contribution in [1.29, 1.82) is 0 Å². The summed E-state index contributed by atoms with van der Waals surface area (Å²) in [5.74, 6) is 1.18. The average Bonchev–Trinajstić information content (AvgIpc) is 2.93. The Balaban J connectivity index is 1.76. The van der Waals surface area contributed by atoms with Crippen molar-refractivity contribution >= 4 is 44.1 Å². The molecule has 0 radical (unpaired) electrons. The first-order valence-corrected chi connectivity index (χ1v) is 13.3. The van der Waals surface area contributed by atoms with E-state index in [0.717, 1.165) is 0 Å². The molecule has 206 valence electrons. The van der Waals surface area contributed by atoms with Gasteiger partial charge in [0.2, 0.25) is 0 Å². The zero-order valence-corrected chi connectivity index (χ0v) is 22.2. The van der Waals surface area contributed by atoms with Gasteiger partial charge in [-0.25, -0.2) is 18.4 Å². The van der Waals surface area contributed by atoms with Crippen LogP contribution in [-0.4, -0.2) is 64.1 Å². The molecule has 4 aromatic rings. The van der Waals surface area contributed by atoms with Crippen molar-refractivity contribution in [1.82, 2.24) is 9.97 Å². The molecule has 39 heavy (non-hydrogen) atoms. The fraction of sp³-hybridized carbons (Fsp3) is 0.231. The van der Waals surface area contributed by atoms with E-state index in [-0.39, 0.29) is 43.0 Å². The Kier molecular flexibility index (Phi) is 8.86. The molecule has 0 saturated carbocycles. The van der Waals surface area contributed by atoms with Gasteiger partial charge in [-0.05, 0) is 30.3 Å². The maximum absolute atomic E-state index is 13.2. The molecule has 0 aliphatic heterocycles. The van der Waals surface area contributed by atoms with Crippen LogP contribution in [0.5, 0.6) is 17.2 Å². The predicted molar refractivity (Wildman–Crippen MR) is 147 cm³/mol. The van der Waals surface area contributed by atoms with E-state index < -0.39 is 10.0 Å². The van der Waals surface area contributed by atoms with Crippen molar-refractivity contribution in [2.24, 2.45) is 0 Å². The molecule has 0 fully saturated rings. The average molecular weight is 556 g/mol. The summed E-state index contributed by atoms with van der Waals surface area (Å²) in [6.07, 6.45) is 0. The molecule has 0 atom stereocenters. The number of ether oxygens (including phenoxy) is 4. The first-order valence-electron chi connectivity index (χ1n) is 11.8. The summed E-state index contributed by atoms with van der Waals surface area (Å²) in [5.41, 5.74) is 7.49. The van der Waals surface area contributed by atoms with Gasteiger partial charge in [0, 0.05) is 17.8 Å². The molecule has 0 unspecified atom stereocenters. The Bertz CT molecular complexity index is 1550. The fourth-order valence-corrected chi connectivity index (χ4v) is 4.67. The summed E-state index contributed by atoms with van der Waals surface area (Å²) >= 11 is 0. The molecule has 0 bridgehead atoms. The number of hydrogen-bond acceptors (Lipinski definition) is 11. The van der Waals surface area contributed by atoms with Crippen LogP contribution >= 0.6 is 0 Å². The Hall–Kier alpha value is -4.33. The topological polar surface area (TPSA) is 167 Å². The number of nitrogens with two attached hydrogens (primary N) is 1. The van der Waals surface area contributed by atoms with Gasteiger partial charge >= 0.3 is 0 Å². The number of benzene rings is 3. The van der Waals surface area contributed by atoms with Crippen molar-refractivity contribution in [2.75, 3.05) is 56.4 Å². The van der Waals surface area contributed by atoms with Crippen molar-refractivity contribution < 1.29 is 32.5 Å². The van der Waals surface area contributed by atoms with Crippen molar-refractivity contribution in [3.63, 3.8) is 0 Å². The minimum atomic E-state index is -4.07. The van der Waals surface area contributed by atoms with E-state index in [1.54, 1.807) is 48.5 Å². The number of nitrogens with one attached hydrogen (secondary N) is 2. The normalized spacial score (nSPS) is 11.3. The molecule has 0 spiro atoms. The van der Waals surface area contributed by atoms with E-state index in [1.165, 1.54) is 26.4 Å². The predicted octanol–water partition coefficient (Wildman–Crippen LogP) is 3.16. The van der Waals surface area contributed by atoms with E-state index >= 15 is 0 Å². The first kappa shape index (κ1) is 27.7. The van der Waals surface area contributed by atoms with Gasteiger partial charge < -0.3 is 35.1 Å². The van der Waals surface area contributed by atoms with Crippen LogP contribution in [0.25, 0.3) is 11.0 Å². The summed E-state index contributed by atoms with van der Waals surface area (Å²) in [6, 6.07) is 16.3. The largest absolute Gasteiger partial charge is 0.497 e. The third-order valence-electron chi connectivity index (χ3n) is 5.42. The molecule has 5 N–H and O–H groups in total. The lowest BCUT2D eigenvalue weighted by Crippen LogP contribution is -2.16. The summed E-state index contributed by atoms with van der Waals surface area (Å²) in [4.78, 5) is 9.12. The van der Waals surface area contributed by atoms with E-state index in [4.69, 9.17) is 29.8 Å². The Morgan fingerprint density at radius 3 is 2.31 bits per heavy atom. The first-order chi connectivity index (χ1) is 18.8. The third kappa shape index (κ3) is 6.76. The van der Waals surface area contributed by atoms with Gasteiger partial charge in [-0.2, -0.15) is 0 Å². The lowest BCUT2D eigenvalue weighted by Gasteiger charge is -2.19. The monoisotopic (exact) mass is 555 g/mol. The number of sulfonamides is 1. The second-order valence-electron chi connectivity index (χ2n) is 8.10. The van der Waals surface area contributed by atoms with Crippen LogP contribution < -0.4 is 30.0 Å². The summed E-state index contributed by atoms with van der Waals surface area (Å²) < 4.78 is 51.1. The van der Waals surface area contributed by atoms with Gasteiger partial charge in [0.1, 0.15) is 12.4 Å². The van der Waals surface area contributed by atoms with Crippen LogP contribution in [0, 0.1) is 0 Å². The molecule has 4 rings (SSSR count). The van der Waals surface area contributed by atoms with Gasteiger partial charge in [-0.1, -0.05) is 18.2 Å². The number of nitrogens with zero attached hydrogens (tertiary/aromatic N) is 2. The highest BCUT2D eigenvalue weighted by molar-refractivity contribution is 7.92. The van der Waals surface area contributed by atoms with Crippen molar-refractivity contribution in [3.8, 4) is 17.2 Å². The van der Waals surface area contributed by atoms with Crippen LogP contribution in [0.4, 0.5) is 23.0 Å². The van der Waals surface area contributed by atoms with E-state index in [2.05, 4.69) is 20.0 Å². The molecule has 13 heteroatoms. The molecular formula is C26H29N5O7S. The second kappa shape index (κ2) is 12.5. The summed E-state index contributed by atoms with van der Waals surface area (Å²) in [7, 11) is -1.08. The Morgan fingerprint density at radius 1 is 0.897 bits per heavy atom. The molecule has 0 saturated heterocycles. The van der Waals surface area contributed by atoms with Gasteiger partial charge in [0.05, 0.1) is 55.7 Å². The highest BCUT2D eigenvalue weighted by Crippen LogP contribution is 2.41. The number of methoxy groups -OCH3 is 2. The number of aromatic nitrogens is 2. The maximum Gasteiger partial charge on any atom is 0.263 e. The van der Waals surface area contributed by atoms with Crippen LogP contribution in [-0.2, 0) is 14.8 Å². The number of anilines is 4. The lowest BCUT2D eigenvalue weighted by atomic mass is 10.2. The van der Waals surface area contributed by atoms with E-state index in [0.29, 0.717) is 39.7 Å². The van der Waals surface area contributed by atoms with Gasteiger partial charge in [-0.3, -0.25) is 4.72 Å². The zero-order valence-electron chi connectivity index (χ0n) is 21.4. The molecule has 0 amide bonds. The van der Waals surface area contributed by atoms with Crippen LogP contribution in [0.2, 0.25) is 0 Å². The quantitative estimate of drug-likeness (QED) is 0.141. The minimum Gasteiger partial charge on any atom is -0.497 e. The Morgan fingerprint density at radius 2 is 1.64 bits per heavy atom. The zero-order chi connectivity index (χ0) is 27.8. The molecule has 0 aliphatic rings. The van der Waals surface area contributed by atoms with Gasteiger partial charge in [-0.15, -0.1) is 0 Å². The van der Waals surface area contributed by atoms with Crippen LogP contribution in [0.1, 0.15) is 0 Å². The Labute approximate surface area is 225 Å². The fourth-order valence-electron chi connectivity index (χ4n) is 3.61. The highest BCUT2D eigenvalue weighted by Gasteiger charge is 2.22. The number of aliphatic hydroxyl groups excluding tert-OH is 1. The number of hydrogen-bond donors (Lipinski definition) is 4. The van der Waals surface area contributed by atoms with Gasteiger partial charge in [0.25, 0.3) is 10.0 Å². The molecule has 3 aromatic carbocycles. The van der Waals surface area contributed by atoms with Crippen LogP contribution in [0.15, 0.2) is 65.6 Å². The number of aliphatic hydroxyl groups is 1. The summed E-state index contributed by atoms with van der Waals surface area (Å²) in [5, 5.41) is 12.1. The number of rotatable bonds is 13. The molecular weight excluding hydrogens is 526 g/mol. The van der Waals surface area contributed by atoms with E-state index in [9.17, 15) is 8.42 Å². The molecule has 0 aliphatic carbocycles. The van der Waals surface area contributed by atoms with Crippen molar-refractivity contribution in [2.45, 2.75) is 4.90 Å². The highest BCUT2D eigenvalue weighted by atomic mass is 32.2. The minimum absolute atomic E-state index is 0.0293. The maximum atomic E-state index is 13.2. The van der Waals surface area contributed by atoms with Crippen molar-refractivity contribution in [3.05, 3.63) is 60.7 Å². The standard InChI is InChI=1S/C26H29N5O7S/c1-35-18-15-22(24(23(16-18)36-2)38-13-12-37-11-10-32)30-25-26(29-21-9-4-3-8-20(21)28-25)31-39(33,34)19-7-5-6-17(27)14-19/h3-9,14-16,32H,10-13,27H2,1-2H3,(H,28,30)(H,29,31). The number of para-hydroxylation sites is 2. The second-order valence-corrected chi connectivity index (χ2v) is 9.79. The molecule has 12 nitrogen and oxygen atoms in total. The third-order valence-corrected chi connectivity index (χ3v) is 6.75. The van der Waals surface area contributed by atoms with Crippen LogP contribution in [0.3, 0.4) is 0 Å². The molecule has 1 heterocycles. The van der Waals surface area contributed by atoms with E-state index in [1.807, 2.05) is 0 Å². The van der Waals surface area contributed by atoms with Gasteiger partial charge in [0.15, 0.2) is 23.1 Å². The summed E-state index contributed by atoms with van der Waals surface area (Å²) in [6.45, 7) is 0.441. The SMILES string of the molecule is COc1cc(Nc2nc3ccccc3nc2NS(=O)(=O)c2cccc(N)c2)c(OCCOCCO)c(OC)c1. The smallest absolute Gasteiger partial charge is 0.263 e. The number of fused-ring (bicyclic) bond motifs is 1. The number of nitrogen functional groups attached to an aromatic ring is 1. The molecule has 1 aromatic heterocycles.